The zero-order chi connectivity index (χ0) is 24.3. The van der Waals surface area contributed by atoms with Crippen LogP contribution in [0.2, 0.25) is 0 Å². The van der Waals surface area contributed by atoms with Crippen LogP contribution < -0.4 is 4.72 Å². The summed E-state index contributed by atoms with van der Waals surface area (Å²) < 4.78 is 26.4. The third-order valence-electron chi connectivity index (χ3n) is 4.36. The second-order valence-electron chi connectivity index (χ2n) is 6.86. The summed E-state index contributed by atoms with van der Waals surface area (Å²) >= 11 is 1.18. The Morgan fingerprint density at radius 2 is 1.70 bits per heavy atom. The first-order chi connectivity index (χ1) is 15.8. The summed E-state index contributed by atoms with van der Waals surface area (Å²) in [5.74, 6) is 6.02. The molecule has 0 unspecified atom stereocenters. The van der Waals surface area contributed by atoms with Crippen LogP contribution in [0.15, 0.2) is 71.1 Å². The first-order valence-corrected chi connectivity index (χ1v) is 12.4. The number of nitrogens with one attached hydrogen (secondary N) is 2. The van der Waals surface area contributed by atoms with Crippen molar-refractivity contribution in [2.45, 2.75) is 25.0 Å². The Hall–Kier alpha value is -3.38. The van der Waals surface area contributed by atoms with Gasteiger partial charge in [-0.1, -0.05) is 54.7 Å². The molecule has 2 heterocycles. The van der Waals surface area contributed by atoms with Gasteiger partial charge in [-0.15, -0.1) is 11.3 Å². The van der Waals surface area contributed by atoms with Gasteiger partial charge in [0.1, 0.15) is 4.21 Å². The molecule has 0 amide bonds. The van der Waals surface area contributed by atoms with Crippen molar-refractivity contribution >= 4 is 38.7 Å². The summed E-state index contributed by atoms with van der Waals surface area (Å²) in [6.07, 6.45) is 2.03. The van der Waals surface area contributed by atoms with E-state index in [-0.39, 0.29) is 6.47 Å². The lowest BCUT2D eigenvalue weighted by Gasteiger charge is -1.99. The molecule has 2 aromatic carbocycles. The molecule has 0 saturated carbocycles. The Kier molecular flexibility index (Phi) is 9.88. The minimum Gasteiger partial charge on any atom is -0.483 e. The van der Waals surface area contributed by atoms with Gasteiger partial charge >= 0.3 is 0 Å². The number of carbonyl (C=O) groups is 1. The topological polar surface area (TPSA) is 99.3 Å². The van der Waals surface area contributed by atoms with Crippen LogP contribution in [0.5, 0.6) is 0 Å². The standard InChI is InChI=1S/C15H15NO2S2.C9H9N.CH2O2/c1-3-16-20(17,18)15-11-10-14(19-15)9-8-13-6-4-12(2)5-7-13;1-7-6-10-9-5-3-2-4-8(7)9;2-1-3/h4-7,10-11,16H,3H2,1-2H3;2-6,10H,1H3;1H,(H,2,3). The van der Waals surface area contributed by atoms with E-state index in [1.54, 1.807) is 19.1 Å². The van der Waals surface area contributed by atoms with Crippen molar-refractivity contribution in [1.29, 1.82) is 0 Å². The number of rotatable bonds is 3. The molecule has 0 saturated heterocycles. The molecular formula is C25H26N2O4S2. The number of hydrogen-bond donors (Lipinski definition) is 3. The van der Waals surface area contributed by atoms with E-state index in [1.807, 2.05) is 43.5 Å². The van der Waals surface area contributed by atoms with E-state index in [1.165, 1.54) is 33.4 Å². The Bertz CT molecular complexity index is 1340. The molecule has 4 aromatic rings. The second kappa shape index (κ2) is 12.6. The van der Waals surface area contributed by atoms with Crippen LogP contribution in [0.25, 0.3) is 10.9 Å². The highest BCUT2D eigenvalue weighted by Gasteiger charge is 2.14. The molecule has 0 aliphatic rings. The van der Waals surface area contributed by atoms with Gasteiger partial charge in [-0.05, 0) is 49.7 Å². The molecule has 6 nitrogen and oxygen atoms in total. The van der Waals surface area contributed by atoms with Gasteiger partial charge in [-0.25, -0.2) is 13.1 Å². The lowest BCUT2D eigenvalue weighted by molar-refractivity contribution is -0.122. The van der Waals surface area contributed by atoms with Crippen LogP contribution in [-0.4, -0.2) is 31.5 Å². The summed E-state index contributed by atoms with van der Waals surface area (Å²) in [5.41, 5.74) is 4.64. The number of sulfonamides is 1. The minimum absolute atomic E-state index is 0.250. The Labute approximate surface area is 198 Å². The van der Waals surface area contributed by atoms with Crippen LogP contribution in [0.4, 0.5) is 0 Å². The van der Waals surface area contributed by atoms with Crippen molar-refractivity contribution in [3.8, 4) is 11.8 Å². The fraction of sp³-hybridized carbons (Fsp3) is 0.160. The van der Waals surface area contributed by atoms with E-state index in [4.69, 9.17) is 9.90 Å². The zero-order valence-corrected chi connectivity index (χ0v) is 20.3. The molecule has 0 radical (unpaired) electrons. The Balaban J connectivity index is 0.000000245. The first kappa shape index (κ1) is 25.9. The predicted molar refractivity (Wildman–Crippen MR) is 134 cm³/mol. The van der Waals surface area contributed by atoms with Crippen molar-refractivity contribution in [1.82, 2.24) is 9.71 Å². The number of hydrogen-bond acceptors (Lipinski definition) is 4. The molecule has 0 atom stereocenters. The molecule has 8 heteroatoms. The molecule has 2 aromatic heterocycles. The first-order valence-electron chi connectivity index (χ1n) is 10.1. The highest BCUT2D eigenvalue weighted by molar-refractivity contribution is 7.91. The molecule has 0 aliphatic heterocycles. The van der Waals surface area contributed by atoms with Gasteiger partial charge < -0.3 is 10.1 Å². The molecule has 172 valence electrons. The fourth-order valence-corrected chi connectivity index (χ4v) is 5.03. The fourth-order valence-electron chi connectivity index (χ4n) is 2.78. The lowest BCUT2D eigenvalue weighted by Crippen LogP contribution is -2.22. The van der Waals surface area contributed by atoms with E-state index in [0.29, 0.717) is 10.8 Å². The number of thiophene rings is 1. The van der Waals surface area contributed by atoms with E-state index in [2.05, 4.69) is 46.7 Å². The van der Waals surface area contributed by atoms with Crippen LogP contribution in [-0.2, 0) is 14.8 Å². The quantitative estimate of drug-likeness (QED) is 0.285. The third-order valence-corrected chi connectivity index (χ3v) is 7.40. The van der Waals surface area contributed by atoms with Crippen molar-refractivity contribution < 1.29 is 18.3 Å². The minimum atomic E-state index is -3.38. The van der Waals surface area contributed by atoms with Crippen LogP contribution in [0, 0.1) is 25.7 Å². The van der Waals surface area contributed by atoms with Crippen molar-refractivity contribution in [2.75, 3.05) is 6.54 Å². The van der Waals surface area contributed by atoms with E-state index < -0.39 is 10.0 Å². The molecule has 0 spiro atoms. The summed E-state index contributed by atoms with van der Waals surface area (Å²) in [7, 11) is -3.38. The number of aromatic amines is 1. The van der Waals surface area contributed by atoms with Gasteiger partial charge in [0.2, 0.25) is 10.0 Å². The zero-order valence-electron chi connectivity index (χ0n) is 18.6. The summed E-state index contributed by atoms with van der Waals surface area (Å²) in [6, 6.07) is 19.5. The lowest BCUT2D eigenvalue weighted by atomic mass is 10.1. The summed E-state index contributed by atoms with van der Waals surface area (Å²) in [5, 5.41) is 8.21. The van der Waals surface area contributed by atoms with Gasteiger partial charge in [0, 0.05) is 29.2 Å². The number of carboxylic acid groups (broad SMARTS) is 1. The molecule has 0 bridgehead atoms. The highest BCUT2D eigenvalue weighted by atomic mass is 32.2. The Morgan fingerprint density at radius 3 is 2.33 bits per heavy atom. The van der Waals surface area contributed by atoms with Gasteiger partial charge in [0.25, 0.3) is 6.47 Å². The van der Waals surface area contributed by atoms with E-state index >= 15 is 0 Å². The summed E-state index contributed by atoms with van der Waals surface area (Å²) in [4.78, 5) is 12.3. The maximum absolute atomic E-state index is 11.8. The molecular weight excluding hydrogens is 456 g/mol. The maximum atomic E-state index is 11.8. The molecule has 4 rings (SSSR count). The number of fused-ring (bicyclic) bond motifs is 1. The number of benzene rings is 2. The molecule has 0 fully saturated rings. The second-order valence-corrected chi connectivity index (χ2v) is 9.94. The van der Waals surface area contributed by atoms with E-state index in [0.717, 1.165) is 10.4 Å². The average Bonchev–Trinajstić information content (AvgIpc) is 3.42. The third kappa shape index (κ3) is 7.91. The Morgan fingerprint density at radius 1 is 1.03 bits per heavy atom. The van der Waals surface area contributed by atoms with Crippen molar-refractivity contribution in [2.24, 2.45) is 0 Å². The van der Waals surface area contributed by atoms with Gasteiger partial charge in [0.15, 0.2) is 0 Å². The average molecular weight is 483 g/mol. The molecule has 33 heavy (non-hydrogen) atoms. The van der Waals surface area contributed by atoms with Gasteiger partial charge in [0.05, 0.1) is 4.88 Å². The normalized spacial score (nSPS) is 10.2. The van der Waals surface area contributed by atoms with Crippen LogP contribution in [0.3, 0.4) is 0 Å². The summed E-state index contributed by atoms with van der Waals surface area (Å²) in [6.45, 7) is 6.01. The van der Waals surface area contributed by atoms with Gasteiger partial charge in [-0.2, -0.15) is 0 Å². The van der Waals surface area contributed by atoms with Crippen molar-refractivity contribution in [3.05, 3.63) is 88.4 Å². The highest BCUT2D eigenvalue weighted by Crippen LogP contribution is 2.20. The van der Waals surface area contributed by atoms with Crippen LogP contribution >= 0.6 is 11.3 Å². The number of aryl methyl sites for hydroxylation is 2. The smallest absolute Gasteiger partial charge is 0.290 e. The number of H-pyrrole nitrogens is 1. The number of aromatic nitrogens is 1. The molecule has 3 N–H and O–H groups in total. The largest absolute Gasteiger partial charge is 0.483 e. The SMILES string of the molecule is CCNS(=O)(=O)c1ccc(C#Cc2ccc(C)cc2)s1.Cc1c[nH]c2ccccc12.O=CO. The van der Waals surface area contributed by atoms with Crippen molar-refractivity contribution in [3.63, 3.8) is 0 Å². The monoisotopic (exact) mass is 482 g/mol. The van der Waals surface area contributed by atoms with E-state index in [9.17, 15) is 8.42 Å². The van der Waals surface area contributed by atoms with Crippen LogP contribution in [0.1, 0.15) is 28.5 Å². The predicted octanol–water partition coefficient (Wildman–Crippen LogP) is 4.93. The maximum Gasteiger partial charge on any atom is 0.290 e. The van der Waals surface area contributed by atoms with Gasteiger partial charge in [-0.3, -0.25) is 4.79 Å². The number of para-hydroxylation sites is 1. The molecule has 0 aliphatic carbocycles.